The van der Waals surface area contributed by atoms with Crippen LogP contribution in [0.5, 0.6) is 0 Å². The minimum Gasteiger partial charge on any atom is -0.478 e. The van der Waals surface area contributed by atoms with Crippen molar-refractivity contribution in [3.05, 3.63) is 29.1 Å². The molecule has 0 aliphatic carbocycles. The molecule has 0 aromatic heterocycles. The van der Waals surface area contributed by atoms with Gasteiger partial charge in [-0.2, -0.15) is 4.31 Å². The van der Waals surface area contributed by atoms with Gasteiger partial charge in [-0.25, -0.2) is 17.6 Å². The van der Waals surface area contributed by atoms with E-state index in [0.717, 1.165) is 18.9 Å². The largest absolute Gasteiger partial charge is 0.478 e. The van der Waals surface area contributed by atoms with Crippen LogP contribution in [0.3, 0.4) is 0 Å². The Bertz CT molecular complexity index is 797. The summed E-state index contributed by atoms with van der Waals surface area (Å²) in [7, 11) is -0.581. The van der Waals surface area contributed by atoms with Crippen LogP contribution in [-0.2, 0) is 10.0 Å². The molecule has 2 aliphatic heterocycles. The van der Waals surface area contributed by atoms with Gasteiger partial charge in [0, 0.05) is 25.2 Å². The summed E-state index contributed by atoms with van der Waals surface area (Å²) in [4.78, 5) is 12.9. The highest BCUT2D eigenvalue weighted by molar-refractivity contribution is 7.89. The molecule has 0 spiro atoms. The van der Waals surface area contributed by atoms with Crippen molar-refractivity contribution in [2.24, 2.45) is 0 Å². The van der Waals surface area contributed by atoms with Crippen LogP contribution in [-0.4, -0.2) is 60.9 Å². The number of sulfonamides is 1. The third-order valence-electron chi connectivity index (χ3n) is 5.66. The van der Waals surface area contributed by atoms with Crippen LogP contribution in [0.1, 0.15) is 41.6 Å². The highest BCUT2D eigenvalue weighted by Crippen LogP contribution is 2.37. The molecule has 2 aliphatic rings. The first-order valence-corrected chi connectivity index (χ1v) is 9.80. The van der Waals surface area contributed by atoms with Gasteiger partial charge in [-0.05, 0) is 57.4 Å². The van der Waals surface area contributed by atoms with Gasteiger partial charge in [0.25, 0.3) is 0 Å². The van der Waals surface area contributed by atoms with Crippen LogP contribution >= 0.6 is 0 Å². The minimum atomic E-state index is -4.11. The third-order valence-corrected chi connectivity index (χ3v) is 7.57. The molecule has 2 fully saturated rings. The molecule has 2 unspecified atom stereocenters. The van der Waals surface area contributed by atoms with Gasteiger partial charge in [0.15, 0.2) is 5.82 Å². The van der Waals surface area contributed by atoms with Crippen molar-refractivity contribution in [3.8, 4) is 0 Å². The number of rotatable bonds is 4. The van der Waals surface area contributed by atoms with Crippen LogP contribution in [0.15, 0.2) is 17.0 Å². The SMILES string of the molecule is Cc1cc(C(=O)O)c(F)c(S(=O)(=O)N(C)C2CC3CCC(C2)N3C)c1. The van der Waals surface area contributed by atoms with Crippen molar-refractivity contribution in [2.75, 3.05) is 14.1 Å². The number of benzene rings is 1. The summed E-state index contributed by atoms with van der Waals surface area (Å²) < 4.78 is 41.7. The molecule has 3 rings (SSSR count). The van der Waals surface area contributed by atoms with Crippen molar-refractivity contribution < 1.29 is 22.7 Å². The summed E-state index contributed by atoms with van der Waals surface area (Å²) in [5.41, 5.74) is -0.218. The van der Waals surface area contributed by atoms with Crippen molar-refractivity contribution in [3.63, 3.8) is 0 Å². The number of carboxylic acids is 1. The Morgan fingerprint density at radius 3 is 2.36 bits per heavy atom. The zero-order valence-corrected chi connectivity index (χ0v) is 15.4. The van der Waals surface area contributed by atoms with Gasteiger partial charge in [-0.3, -0.25) is 0 Å². The zero-order chi connectivity index (χ0) is 18.5. The van der Waals surface area contributed by atoms with Crippen molar-refractivity contribution in [1.82, 2.24) is 9.21 Å². The van der Waals surface area contributed by atoms with Gasteiger partial charge in [0.05, 0.1) is 5.56 Å². The molecule has 2 atom stereocenters. The molecule has 2 bridgehead atoms. The van der Waals surface area contributed by atoms with Crippen LogP contribution in [0.25, 0.3) is 0 Å². The van der Waals surface area contributed by atoms with E-state index < -0.39 is 32.3 Å². The van der Waals surface area contributed by atoms with E-state index in [1.54, 1.807) is 6.92 Å². The molecule has 138 valence electrons. The first-order valence-electron chi connectivity index (χ1n) is 8.36. The first-order chi connectivity index (χ1) is 11.6. The van der Waals surface area contributed by atoms with E-state index in [1.807, 2.05) is 0 Å². The van der Waals surface area contributed by atoms with E-state index in [2.05, 4.69) is 11.9 Å². The van der Waals surface area contributed by atoms with E-state index in [0.29, 0.717) is 30.5 Å². The molecule has 8 heteroatoms. The molecule has 1 N–H and O–H groups in total. The van der Waals surface area contributed by atoms with Crippen LogP contribution < -0.4 is 0 Å². The molecule has 2 heterocycles. The van der Waals surface area contributed by atoms with Crippen LogP contribution in [0.2, 0.25) is 0 Å². The standard InChI is InChI=1S/C17H23FN2O4S/c1-10-6-14(17(21)22)16(18)15(7-10)25(23,24)20(3)13-8-11-4-5-12(9-13)19(11)2/h6-7,11-13H,4-5,8-9H2,1-3H3,(H,21,22). The number of hydrogen-bond acceptors (Lipinski definition) is 4. The molecule has 0 radical (unpaired) electrons. The summed E-state index contributed by atoms with van der Waals surface area (Å²) in [6, 6.07) is 2.84. The Hall–Kier alpha value is -1.51. The highest BCUT2D eigenvalue weighted by atomic mass is 32.2. The molecule has 0 amide bonds. The van der Waals surface area contributed by atoms with E-state index in [4.69, 9.17) is 5.11 Å². The predicted octanol–water partition coefficient (Wildman–Crippen LogP) is 2.08. The van der Waals surface area contributed by atoms with Gasteiger partial charge < -0.3 is 10.0 Å². The Morgan fingerprint density at radius 2 is 1.84 bits per heavy atom. The van der Waals surface area contributed by atoms with Crippen molar-refractivity contribution >= 4 is 16.0 Å². The summed E-state index contributed by atoms with van der Waals surface area (Å²) in [5.74, 6) is -2.67. The Morgan fingerprint density at radius 1 is 1.28 bits per heavy atom. The fraction of sp³-hybridized carbons (Fsp3) is 0.588. The molecule has 25 heavy (non-hydrogen) atoms. The normalized spacial score (nSPS) is 27.0. The smallest absolute Gasteiger partial charge is 0.338 e. The van der Waals surface area contributed by atoms with Crippen molar-refractivity contribution in [1.29, 1.82) is 0 Å². The molecule has 2 saturated heterocycles. The second kappa shape index (κ2) is 6.34. The van der Waals surface area contributed by atoms with Gasteiger partial charge in [0.1, 0.15) is 4.90 Å². The predicted molar refractivity (Wildman–Crippen MR) is 90.6 cm³/mol. The average molecular weight is 370 g/mol. The number of hydrogen-bond donors (Lipinski definition) is 1. The van der Waals surface area contributed by atoms with Gasteiger partial charge in [0.2, 0.25) is 10.0 Å². The maximum atomic E-state index is 14.6. The molecule has 1 aromatic carbocycles. The number of carbonyl (C=O) groups is 1. The average Bonchev–Trinajstić information content (AvgIpc) is 2.75. The molecular weight excluding hydrogens is 347 g/mol. The van der Waals surface area contributed by atoms with E-state index >= 15 is 0 Å². The summed E-state index contributed by atoms with van der Waals surface area (Å²) in [6.07, 6.45) is 3.52. The number of aromatic carboxylic acids is 1. The highest BCUT2D eigenvalue weighted by Gasteiger charge is 2.43. The maximum absolute atomic E-state index is 14.6. The number of carboxylic acid groups (broad SMARTS) is 1. The fourth-order valence-electron chi connectivity index (χ4n) is 4.11. The Labute approximate surface area is 147 Å². The second-order valence-corrected chi connectivity index (χ2v) is 9.09. The molecule has 6 nitrogen and oxygen atoms in total. The van der Waals surface area contributed by atoms with E-state index in [9.17, 15) is 17.6 Å². The first kappa shape index (κ1) is 18.3. The van der Waals surface area contributed by atoms with E-state index in [-0.39, 0.29) is 6.04 Å². The monoisotopic (exact) mass is 370 g/mol. The molecule has 0 saturated carbocycles. The summed E-state index contributed by atoms with van der Waals surface area (Å²) >= 11 is 0. The maximum Gasteiger partial charge on any atom is 0.338 e. The second-order valence-electron chi connectivity index (χ2n) is 7.13. The van der Waals surface area contributed by atoms with Gasteiger partial charge in [-0.15, -0.1) is 0 Å². The topological polar surface area (TPSA) is 77.9 Å². The lowest BCUT2D eigenvalue weighted by Gasteiger charge is -2.39. The van der Waals surface area contributed by atoms with Gasteiger partial charge >= 0.3 is 5.97 Å². The number of aryl methyl sites for hydroxylation is 1. The lowest BCUT2D eigenvalue weighted by atomic mass is 9.98. The Balaban J connectivity index is 1.96. The number of halogens is 1. The number of nitrogens with zero attached hydrogens (tertiary/aromatic N) is 2. The third kappa shape index (κ3) is 3.07. The minimum absolute atomic E-state index is 0.202. The van der Waals surface area contributed by atoms with Gasteiger partial charge in [-0.1, -0.05) is 0 Å². The van der Waals surface area contributed by atoms with Crippen LogP contribution in [0.4, 0.5) is 4.39 Å². The number of piperidine rings is 1. The fourth-order valence-corrected chi connectivity index (χ4v) is 5.66. The quantitative estimate of drug-likeness (QED) is 0.878. The molecular formula is C17H23FN2O4S. The Kier molecular flexibility index (Phi) is 4.63. The zero-order valence-electron chi connectivity index (χ0n) is 14.6. The lowest BCUT2D eigenvalue weighted by Crippen LogP contribution is -2.49. The summed E-state index contributed by atoms with van der Waals surface area (Å²) in [5, 5.41) is 9.12. The van der Waals surface area contributed by atoms with Crippen LogP contribution in [0, 0.1) is 12.7 Å². The van der Waals surface area contributed by atoms with E-state index in [1.165, 1.54) is 17.4 Å². The number of fused-ring (bicyclic) bond motifs is 2. The van der Waals surface area contributed by atoms with Crippen molar-refractivity contribution in [2.45, 2.75) is 55.6 Å². The lowest BCUT2D eigenvalue weighted by molar-refractivity contribution is 0.0691. The summed E-state index contributed by atoms with van der Waals surface area (Å²) in [6.45, 7) is 1.56. The molecule has 1 aromatic rings.